The van der Waals surface area contributed by atoms with Gasteiger partial charge in [0.1, 0.15) is 4.88 Å². The van der Waals surface area contributed by atoms with E-state index >= 15 is 0 Å². The molecule has 0 radical (unpaired) electrons. The number of aromatic nitrogens is 2. The molecule has 0 aliphatic carbocycles. The first-order valence-electron chi connectivity index (χ1n) is 7.60. The predicted molar refractivity (Wildman–Crippen MR) is 105 cm³/mol. The Labute approximate surface area is 162 Å². The number of ether oxygens (including phenoxy) is 1. The van der Waals surface area contributed by atoms with E-state index in [0.717, 1.165) is 10.1 Å². The summed E-state index contributed by atoms with van der Waals surface area (Å²) in [6.07, 6.45) is 3.22. The van der Waals surface area contributed by atoms with Crippen molar-refractivity contribution in [1.29, 1.82) is 0 Å². The van der Waals surface area contributed by atoms with E-state index < -0.39 is 5.91 Å². The van der Waals surface area contributed by atoms with Crippen molar-refractivity contribution < 1.29 is 14.3 Å². The molecule has 0 atom stereocenters. The van der Waals surface area contributed by atoms with Gasteiger partial charge in [0.25, 0.3) is 5.91 Å². The Hall–Kier alpha value is -2.16. The number of fused-ring (bicyclic) bond motifs is 1. The number of benzene rings is 1. The normalized spacial score (nSPS) is 10.7. The Morgan fingerprint density at radius 1 is 1.35 bits per heavy atom. The third-order valence-corrected chi connectivity index (χ3v) is 5.31. The van der Waals surface area contributed by atoms with Gasteiger partial charge >= 0.3 is 5.97 Å². The number of hydrogen-bond donors (Lipinski definition) is 1. The highest BCUT2D eigenvalue weighted by Gasteiger charge is 2.16. The Bertz CT molecular complexity index is 991. The number of carbonyl (C=O) groups is 2. The van der Waals surface area contributed by atoms with Gasteiger partial charge in [-0.3, -0.25) is 4.79 Å². The quantitative estimate of drug-likeness (QED) is 0.381. The Morgan fingerprint density at radius 3 is 2.88 bits per heavy atom. The molecule has 0 bridgehead atoms. The van der Waals surface area contributed by atoms with Crippen LogP contribution in [0.2, 0.25) is 5.02 Å². The lowest BCUT2D eigenvalue weighted by molar-refractivity contribution is 0.0532. The molecule has 134 valence electrons. The Morgan fingerprint density at radius 2 is 2.15 bits per heavy atom. The Balaban J connectivity index is 1.84. The van der Waals surface area contributed by atoms with Gasteiger partial charge in [-0.15, -0.1) is 11.3 Å². The second-order valence-electron chi connectivity index (χ2n) is 5.09. The molecular weight excluding hydrogens is 394 g/mol. The number of thiophene rings is 1. The van der Waals surface area contributed by atoms with Crippen molar-refractivity contribution in [2.24, 2.45) is 0 Å². The molecule has 0 saturated carbocycles. The number of halogens is 1. The van der Waals surface area contributed by atoms with Gasteiger partial charge in [-0.05, 0) is 42.8 Å². The van der Waals surface area contributed by atoms with Crippen LogP contribution < -0.4 is 5.32 Å². The lowest BCUT2D eigenvalue weighted by Crippen LogP contribution is -2.15. The van der Waals surface area contributed by atoms with Gasteiger partial charge in [0.15, 0.2) is 10.9 Å². The molecular formula is C17H14ClN3O3S2. The fourth-order valence-corrected chi connectivity index (χ4v) is 3.68. The van der Waals surface area contributed by atoms with Crippen LogP contribution in [-0.4, -0.2) is 34.7 Å². The molecule has 3 rings (SSSR count). The van der Waals surface area contributed by atoms with E-state index in [-0.39, 0.29) is 16.7 Å². The second kappa shape index (κ2) is 8.03. The lowest BCUT2D eigenvalue weighted by atomic mass is 10.2. The highest BCUT2D eigenvalue weighted by Crippen LogP contribution is 2.29. The maximum absolute atomic E-state index is 12.5. The van der Waals surface area contributed by atoms with E-state index in [2.05, 4.69) is 15.3 Å². The molecule has 0 fully saturated rings. The van der Waals surface area contributed by atoms with Crippen LogP contribution in [0.1, 0.15) is 27.1 Å². The summed E-state index contributed by atoms with van der Waals surface area (Å²) in [7, 11) is 0. The van der Waals surface area contributed by atoms with Crippen LogP contribution in [0, 0.1) is 0 Å². The highest BCUT2D eigenvalue weighted by atomic mass is 35.5. The van der Waals surface area contributed by atoms with Gasteiger partial charge in [-0.2, -0.15) is 0 Å². The van der Waals surface area contributed by atoms with Crippen molar-refractivity contribution in [2.75, 3.05) is 18.2 Å². The first-order valence-corrected chi connectivity index (χ1v) is 10.0. The third-order valence-electron chi connectivity index (χ3n) is 3.37. The molecule has 1 N–H and O–H groups in total. The number of amides is 1. The summed E-state index contributed by atoms with van der Waals surface area (Å²) in [5, 5.41) is 4.26. The molecule has 0 unspecified atom stereocenters. The fourth-order valence-electron chi connectivity index (χ4n) is 2.22. The summed E-state index contributed by atoms with van der Waals surface area (Å²) in [6, 6.07) is 7.14. The lowest BCUT2D eigenvalue weighted by Gasteiger charge is -2.07. The summed E-state index contributed by atoms with van der Waals surface area (Å²) in [5.41, 5.74) is 0.694. The van der Waals surface area contributed by atoms with Gasteiger partial charge in [-0.25, -0.2) is 14.8 Å². The van der Waals surface area contributed by atoms with Crippen LogP contribution in [0.15, 0.2) is 35.6 Å². The van der Waals surface area contributed by atoms with Gasteiger partial charge in [-0.1, -0.05) is 23.4 Å². The van der Waals surface area contributed by atoms with Gasteiger partial charge in [0, 0.05) is 10.4 Å². The minimum absolute atomic E-state index is 0.114. The standard InChI is InChI=1S/C17H14ClN3O3S2/c1-3-24-16(23)13-7-9-6-10(4-5-12(9)26-13)20-15(22)14-11(18)8-19-17(21-14)25-2/h4-8H,3H2,1-2H3,(H,20,22). The van der Waals surface area contributed by atoms with E-state index in [1.54, 1.807) is 25.1 Å². The van der Waals surface area contributed by atoms with E-state index in [1.165, 1.54) is 29.3 Å². The number of nitrogens with zero attached hydrogens (tertiary/aromatic N) is 2. The molecule has 1 amide bonds. The SMILES string of the molecule is CCOC(=O)c1cc2cc(NC(=O)c3nc(SC)ncc3Cl)ccc2s1. The van der Waals surface area contributed by atoms with Crippen molar-refractivity contribution in [3.63, 3.8) is 0 Å². The van der Waals surface area contributed by atoms with Crippen LogP contribution in [0.4, 0.5) is 5.69 Å². The van der Waals surface area contributed by atoms with Crippen molar-refractivity contribution in [1.82, 2.24) is 9.97 Å². The maximum atomic E-state index is 12.5. The average molecular weight is 408 g/mol. The summed E-state index contributed by atoms with van der Waals surface area (Å²) < 4.78 is 5.94. The van der Waals surface area contributed by atoms with E-state index in [9.17, 15) is 9.59 Å². The summed E-state index contributed by atoms with van der Waals surface area (Å²) in [4.78, 5) is 33.0. The first kappa shape index (κ1) is 18.6. The molecule has 0 saturated heterocycles. The molecule has 0 aliphatic heterocycles. The molecule has 6 nitrogen and oxygen atoms in total. The molecule has 2 heterocycles. The van der Waals surface area contributed by atoms with Crippen molar-refractivity contribution in [3.8, 4) is 0 Å². The average Bonchev–Trinajstić information content (AvgIpc) is 3.05. The predicted octanol–water partition coefficient (Wildman–Crippen LogP) is 4.50. The van der Waals surface area contributed by atoms with E-state index in [4.69, 9.17) is 16.3 Å². The monoisotopic (exact) mass is 407 g/mol. The molecule has 2 aromatic heterocycles. The number of carbonyl (C=O) groups excluding carboxylic acids is 2. The van der Waals surface area contributed by atoms with E-state index in [0.29, 0.717) is 22.3 Å². The number of hydrogen-bond acceptors (Lipinski definition) is 7. The topological polar surface area (TPSA) is 81.2 Å². The number of thioether (sulfide) groups is 1. The summed E-state index contributed by atoms with van der Waals surface area (Å²) in [6.45, 7) is 2.09. The first-order chi connectivity index (χ1) is 12.5. The van der Waals surface area contributed by atoms with Gasteiger partial charge < -0.3 is 10.1 Å². The maximum Gasteiger partial charge on any atom is 0.348 e. The molecule has 9 heteroatoms. The molecule has 3 aromatic rings. The number of rotatable bonds is 5. The van der Waals surface area contributed by atoms with Crippen molar-refractivity contribution >= 4 is 62.3 Å². The van der Waals surface area contributed by atoms with Crippen LogP contribution in [0.3, 0.4) is 0 Å². The smallest absolute Gasteiger partial charge is 0.348 e. The fraction of sp³-hybridized carbons (Fsp3) is 0.176. The molecule has 1 aromatic carbocycles. The summed E-state index contributed by atoms with van der Waals surface area (Å²) in [5.74, 6) is -0.774. The van der Waals surface area contributed by atoms with Crippen LogP contribution in [0.25, 0.3) is 10.1 Å². The Kier molecular flexibility index (Phi) is 5.75. The van der Waals surface area contributed by atoms with Crippen molar-refractivity contribution in [2.45, 2.75) is 12.1 Å². The molecule has 0 aliphatic rings. The molecule has 0 spiro atoms. The minimum Gasteiger partial charge on any atom is -0.462 e. The highest BCUT2D eigenvalue weighted by molar-refractivity contribution is 7.98. The van der Waals surface area contributed by atoms with E-state index in [1.807, 2.05) is 12.3 Å². The zero-order valence-electron chi connectivity index (χ0n) is 13.9. The van der Waals surface area contributed by atoms with Crippen LogP contribution in [-0.2, 0) is 4.74 Å². The van der Waals surface area contributed by atoms with Gasteiger partial charge in [0.05, 0.1) is 17.8 Å². The zero-order chi connectivity index (χ0) is 18.7. The van der Waals surface area contributed by atoms with Gasteiger partial charge in [0.2, 0.25) is 0 Å². The number of nitrogens with one attached hydrogen (secondary N) is 1. The minimum atomic E-state index is -0.423. The second-order valence-corrected chi connectivity index (χ2v) is 7.36. The number of anilines is 1. The van der Waals surface area contributed by atoms with Crippen molar-refractivity contribution in [3.05, 3.63) is 46.1 Å². The van der Waals surface area contributed by atoms with Crippen LogP contribution in [0.5, 0.6) is 0 Å². The zero-order valence-corrected chi connectivity index (χ0v) is 16.3. The third kappa shape index (κ3) is 3.98. The molecule has 26 heavy (non-hydrogen) atoms. The largest absolute Gasteiger partial charge is 0.462 e. The van der Waals surface area contributed by atoms with Crippen LogP contribution >= 0.6 is 34.7 Å². The number of esters is 1. The summed E-state index contributed by atoms with van der Waals surface area (Å²) >= 11 is 8.70.